The van der Waals surface area contributed by atoms with Crippen LogP contribution in [0, 0.1) is 13.8 Å². The molecule has 0 aliphatic heterocycles. The second kappa shape index (κ2) is 5.45. The van der Waals surface area contributed by atoms with E-state index in [2.05, 4.69) is 21.2 Å². The Labute approximate surface area is 121 Å². The molecule has 0 saturated heterocycles. The molecule has 0 radical (unpaired) electrons. The minimum absolute atomic E-state index is 0.135. The van der Waals surface area contributed by atoms with Crippen molar-refractivity contribution < 1.29 is 4.79 Å². The highest BCUT2D eigenvalue weighted by molar-refractivity contribution is 9.10. The van der Waals surface area contributed by atoms with Gasteiger partial charge in [-0.15, -0.1) is 0 Å². The van der Waals surface area contributed by atoms with Crippen molar-refractivity contribution in [1.29, 1.82) is 0 Å². The Balaban J connectivity index is 2.25. The average molecular weight is 319 g/mol. The lowest BCUT2D eigenvalue weighted by molar-refractivity contribution is 0.102. The van der Waals surface area contributed by atoms with E-state index in [0.29, 0.717) is 11.3 Å². The molecule has 0 saturated carbocycles. The number of nitrogen functional groups attached to an aromatic ring is 1. The first-order chi connectivity index (χ1) is 8.97. The Morgan fingerprint density at radius 1 is 1.11 bits per heavy atom. The van der Waals surface area contributed by atoms with Crippen LogP contribution in [0.15, 0.2) is 40.9 Å². The second-order valence-electron chi connectivity index (χ2n) is 4.48. The summed E-state index contributed by atoms with van der Waals surface area (Å²) >= 11 is 3.40. The van der Waals surface area contributed by atoms with Gasteiger partial charge < -0.3 is 11.1 Å². The van der Waals surface area contributed by atoms with Gasteiger partial charge in [0.2, 0.25) is 0 Å². The third kappa shape index (κ3) is 3.15. The molecule has 0 heterocycles. The molecule has 4 heteroatoms. The predicted molar refractivity (Wildman–Crippen MR) is 82.4 cm³/mol. The number of carbonyl (C=O) groups excluding carboxylic acids is 1. The molecule has 0 unspecified atom stereocenters. The molecule has 2 aromatic carbocycles. The number of rotatable bonds is 2. The van der Waals surface area contributed by atoms with E-state index in [1.807, 2.05) is 32.0 Å². The zero-order valence-electron chi connectivity index (χ0n) is 10.8. The van der Waals surface area contributed by atoms with E-state index in [9.17, 15) is 4.79 Å². The van der Waals surface area contributed by atoms with Gasteiger partial charge in [0.1, 0.15) is 0 Å². The number of hydrogen-bond acceptors (Lipinski definition) is 2. The summed E-state index contributed by atoms with van der Waals surface area (Å²) in [4.78, 5) is 12.2. The van der Waals surface area contributed by atoms with Gasteiger partial charge in [0.25, 0.3) is 5.91 Å². The summed E-state index contributed by atoms with van der Waals surface area (Å²) in [5, 5.41) is 2.90. The van der Waals surface area contributed by atoms with E-state index < -0.39 is 0 Å². The summed E-state index contributed by atoms with van der Waals surface area (Å²) < 4.78 is 0.932. The van der Waals surface area contributed by atoms with Crippen LogP contribution in [-0.4, -0.2) is 5.91 Å². The number of amides is 1. The molecule has 3 nitrogen and oxygen atoms in total. The zero-order valence-corrected chi connectivity index (χ0v) is 12.4. The molecule has 0 aromatic heterocycles. The van der Waals surface area contributed by atoms with Crippen LogP contribution in [0.3, 0.4) is 0 Å². The molecule has 0 aliphatic rings. The van der Waals surface area contributed by atoms with Gasteiger partial charge in [0.05, 0.1) is 0 Å². The van der Waals surface area contributed by atoms with Crippen molar-refractivity contribution in [2.45, 2.75) is 13.8 Å². The number of aryl methyl sites for hydroxylation is 2. The predicted octanol–water partition coefficient (Wildman–Crippen LogP) is 3.90. The van der Waals surface area contributed by atoms with E-state index in [1.165, 1.54) is 0 Å². The van der Waals surface area contributed by atoms with Gasteiger partial charge in [-0.2, -0.15) is 0 Å². The standard InChI is InChI=1S/C15H15BrN2O/c1-9-3-5-12(16)8-14(9)18-15(19)11-4-6-13(17)10(2)7-11/h3-8H,17H2,1-2H3,(H,18,19). The quantitative estimate of drug-likeness (QED) is 0.825. The molecule has 0 aliphatic carbocycles. The molecule has 2 rings (SSSR count). The van der Waals surface area contributed by atoms with Gasteiger partial charge in [-0.05, 0) is 55.3 Å². The maximum absolute atomic E-state index is 12.2. The van der Waals surface area contributed by atoms with Crippen molar-refractivity contribution in [3.05, 3.63) is 57.6 Å². The van der Waals surface area contributed by atoms with Crippen LogP contribution in [0.5, 0.6) is 0 Å². The van der Waals surface area contributed by atoms with Crippen LogP contribution in [0.1, 0.15) is 21.5 Å². The molecular formula is C15H15BrN2O. The second-order valence-corrected chi connectivity index (χ2v) is 5.40. The maximum atomic E-state index is 12.2. The fourth-order valence-electron chi connectivity index (χ4n) is 1.74. The van der Waals surface area contributed by atoms with Gasteiger partial charge in [-0.3, -0.25) is 4.79 Å². The Bertz CT molecular complexity index is 638. The molecule has 1 amide bonds. The van der Waals surface area contributed by atoms with Crippen LogP contribution in [0.25, 0.3) is 0 Å². The van der Waals surface area contributed by atoms with Crippen molar-refractivity contribution in [2.24, 2.45) is 0 Å². The zero-order chi connectivity index (χ0) is 14.0. The van der Waals surface area contributed by atoms with Crippen LogP contribution >= 0.6 is 15.9 Å². The summed E-state index contributed by atoms with van der Waals surface area (Å²) in [6.07, 6.45) is 0. The van der Waals surface area contributed by atoms with Crippen molar-refractivity contribution in [3.8, 4) is 0 Å². The number of nitrogens with one attached hydrogen (secondary N) is 1. The molecule has 98 valence electrons. The molecule has 0 atom stereocenters. The average Bonchev–Trinajstić information content (AvgIpc) is 2.37. The lowest BCUT2D eigenvalue weighted by atomic mass is 10.1. The monoisotopic (exact) mass is 318 g/mol. The molecule has 0 fully saturated rings. The number of halogens is 1. The van der Waals surface area contributed by atoms with E-state index >= 15 is 0 Å². The number of benzene rings is 2. The summed E-state index contributed by atoms with van der Waals surface area (Å²) in [6.45, 7) is 3.84. The highest BCUT2D eigenvalue weighted by Crippen LogP contribution is 2.22. The van der Waals surface area contributed by atoms with Crippen LogP contribution in [0.2, 0.25) is 0 Å². The van der Waals surface area contributed by atoms with E-state index in [0.717, 1.165) is 21.3 Å². The van der Waals surface area contributed by atoms with E-state index in [1.54, 1.807) is 18.2 Å². The number of hydrogen-bond donors (Lipinski definition) is 2. The molecule has 3 N–H and O–H groups in total. The summed E-state index contributed by atoms with van der Waals surface area (Å²) in [5.41, 5.74) is 9.76. The summed E-state index contributed by atoms with van der Waals surface area (Å²) in [6, 6.07) is 11.0. The molecule has 19 heavy (non-hydrogen) atoms. The lowest BCUT2D eigenvalue weighted by Crippen LogP contribution is -2.13. The SMILES string of the molecule is Cc1cc(C(=O)Nc2cc(Br)ccc2C)ccc1N. The lowest BCUT2D eigenvalue weighted by Gasteiger charge is -2.10. The Kier molecular flexibility index (Phi) is 3.90. The van der Waals surface area contributed by atoms with E-state index in [4.69, 9.17) is 5.73 Å². The van der Waals surface area contributed by atoms with Gasteiger partial charge >= 0.3 is 0 Å². The normalized spacial score (nSPS) is 10.3. The number of anilines is 2. The van der Waals surface area contributed by atoms with Gasteiger partial charge in [0.15, 0.2) is 0 Å². The topological polar surface area (TPSA) is 55.1 Å². The molecular weight excluding hydrogens is 304 g/mol. The van der Waals surface area contributed by atoms with Crippen LogP contribution in [-0.2, 0) is 0 Å². The van der Waals surface area contributed by atoms with Crippen LogP contribution in [0.4, 0.5) is 11.4 Å². The van der Waals surface area contributed by atoms with Crippen LogP contribution < -0.4 is 11.1 Å². The minimum atomic E-state index is -0.135. The molecule has 2 aromatic rings. The first-order valence-corrected chi connectivity index (χ1v) is 6.70. The Hall–Kier alpha value is -1.81. The van der Waals surface area contributed by atoms with Gasteiger partial charge in [-0.1, -0.05) is 22.0 Å². The minimum Gasteiger partial charge on any atom is -0.399 e. The smallest absolute Gasteiger partial charge is 0.255 e. The number of nitrogens with two attached hydrogens (primary N) is 1. The number of carbonyl (C=O) groups is 1. The largest absolute Gasteiger partial charge is 0.399 e. The third-order valence-electron chi connectivity index (χ3n) is 2.98. The molecule has 0 spiro atoms. The van der Waals surface area contributed by atoms with Crippen molar-refractivity contribution in [3.63, 3.8) is 0 Å². The highest BCUT2D eigenvalue weighted by Gasteiger charge is 2.09. The fourth-order valence-corrected chi connectivity index (χ4v) is 2.10. The molecule has 0 bridgehead atoms. The first kappa shape index (κ1) is 13.6. The summed E-state index contributed by atoms with van der Waals surface area (Å²) in [7, 11) is 0. The summed E-state index contributed by atoms with van der Waals surface area (Å²) in [5.74, 6) is -0.135. The van der Waals surface area contributed by atoms with Crippen molar-refractivity contribution in [2.75, 3.05) is 11.1 Å². The van der Waals surface area contributed by atoms with Crippen molar-refractivity contribution >= 4 is 33.2 Å². The van der Waals surface area contributed by atoms with Gasteiger partial charge in [-0.25, -0.2) is 0 Å². The maximum Gasteiger partial charge on any atom is 0.255 e. The Morgan fingerprint density at radius 2 is 1.84 bits per heavy atom. The van der Waals surface area contributed by atoms with Gasteiger partial charge in [0, 0.05) is 21.4 Å². The third-order valence-corrected chi connectivity index (χ3v) is 3.47. The fraction of sp³-hybridized carbons (Fsp3) is 0.133. The highest BCUT2D eigenvalue weighted by atomic mass is 79.9. The van der Waals surface area contributed by atoms with Crippen molar-refractivity contribution in [1.82, 2.24) is 0 Å². The first-order valence-electron chi connectivity index (χ1n) is 5.91. The Morgan fingerprint density at radius 3 is 2.53 bits per heavy atom. The van der Waals surface area contributed by atoms with E-state index in [-0.39, 0.29) is 5.91 Å².